The molecule has 4 nitrogen and oxygen atoms in total. The molecule has 3 aromatic carbocycles. The predicted molar refractivity (Wildman–Crippen MR) is 113 cm³/mol. The number of nitrogens with zero attached hydrogens (tertiary/aromatic N) is 1. The molecule has 0 radical (unpaired) electrons. The summed E-state index contributed by atoms with van der Waals surface area (Å²) in [7, 11) is -1.89. The van der Waals surface area contributed by atoms with E-state index in [-0.39, 0.29) is 4.90 Å². The van der Waals surface area contributed by atoms with Crippen molar-refractivity contribution in [3.63, 3.8) is 0 Å². The van der Waals surface area contributed by atoms with Crippen LogP contribution < -0.4 is 4.72 Å². The summed E-state index contributed by atoms with van der Waals surface area (Å²) in [4.78, 5) is 2.11. The zero-order valence-corrected chi connectivity index (χ0v) is 17.4. The number of nitrogens with one attached hydrogen (secondary N) is 1. The second-order valence-electron chi connectivity index (χ2n) is 7.42. The largest absolute Gasteiger partial charge is 0.300 e. The van der Waals surface area contributed by atoms with Gasteiger partial charge in [-0.1, -0.05) is 60.7 Å². The summed E-state index contributed by atoms with van der Waals surface area (Å²) in [5, 5.41) is 0. The Kier molecular flexibility index (Phi) is 6.47. The zero-order valence-electron chi connectivity index (χ0n) is 16.5. The minimum Gasteiger partial charge on any atom is -0.300 e. The number of likely N-dealkylation sites (N-methyl/N-ethyl adjacent to an activating group) is 1. The van der Waals surface area contributed by atoms with E-state index in [4.69, 9.17) is 0 Å². The average Bonchev–Trinajstić information content (AvgIpc) is 2.69. The Morgan fingerprint density at radius 3 is 2.03 bits per heavy atom. The zero-order chi connectivity index (χ0) is 20.9. The molecule has 0 aliphatic carbocycles. The van der Waals surface area contributed by atoms with Gasteiger partial charge in [0.05, 0.1) is 10.4 Å². The predicted octanol–water partition coefficient (Wildman–Crippen LogP) is 4.15. The molecule has 0 unspecified atom stereocenters. The number of sulfonamides is 1. The Balaban J connectivity index is 1.88. The summed E-state index contributed by atoms with van der Waals surface area (Å²) in [6.45, 7) is 3.00. The van der Waals surface area contributed by atoms with E-state index in [1.165, 1.54) is 12.1 Å². The average molecular weight is 413 g/mol. The van der Waals surface area contributed by atoms with E-state index in [2.05, 4.69) is 9.62 Å². The molecule has 29 heavy (non-hydrogen) atoms. The Hall–Kier alpha value is -2.54. The topological polar surface area (TPSA) is 49.4 Å². The van der Waals surface area contributed by atoms with Gasteiger partial charge in [-0.25, -0.2) is 12.8 Å². The monoisotopic (exact) mass is 412 g/mol. The van der Waals surface area contributed by atoms with Crippen molar-refractivity contribution in [2.45, 2.75) is 23.9 Å². The molecule has 1 N–H and O–H groups in total. The van der Waals surface area contributed by atoms with Crippen molar-refractivity contribution in [1.29, 1.82) is 0 Å². The van der Waals surface area contributed by atoms with Gasteiger partial charge in [-0.3, -0.25) is 4.90 Å². The van der Waals surface area contributed by atoms with Crippen LogP contribution in [0.25, 0.3) is 0 Å². The second-order valence-corrected chi connectivity index (χ2v) is 9.10. The second kappa shape index (κ2) is 8.86. The SMILES string of the molecule is CN(Cc1ccccc1)C[C@](C)(NS(=O)(=O)c1ccc(F)cc1)c1ccccc1. The summed E-state index contributed by atoms with van der Waals surface area (Å²) in [6.07, 6.45) is 0. The van der Waals surface area contributed by atoms with E-state index in [0.29, 0.717) is 13.1 Å². The van der Waals surface area contributed by atoms with Crippen LogP contribution in [0.4, 0.5) is 4.39 Å². The van der Waals surface area contributed by atoms with E-state index < -0.39 is 21.4 Å². The maximum atomic E-state index is 13.2. The van der Waals surface area contributed by atoms with Crippen LogP contribution in [-0.2, 0) is 22.1 Å². The van der Waals surface area contributed by atoms with Crippen LogP contribution >= 0.6 is 0 Å². The molecule has 3 rings (SSSR count). The quantitative estimate of drug-likeness (QED) is 0.605. The van der Waals surface area contributed by atoms with Crippen molar-refractivity contribution in [3.05, 3.63) is 102 Å². The van der Waals surface area contributed by atoms with Gasteiger partial charge in [-0.2, -0.15) is 4.72 Å². The van der Waals surface area contributed by atoms with E-state index >= 15 is 0 Å². The molecular formula is C23H25FN2O2S. The van der Waals surface area contributed by atoms with Crippen LogP contribution in [0.5, 0.6) is 0 Å². The summed E-state index contributed by atoms with van der Waals surface area (Å²) >= 11 is 0. The summed E-state index contributed by atoms with van der Waals surface area (Å²) in [5.41, 5.74) is 1.12. The van der Waals surface area contributed by atoms with Crippen LogP contribution in [0.2, 0.25) is 0 Å². The first-order valence-corrected chi connectivity index (χ1v) is 10.8. The minimum atomic E-state index is -3.84. The maximum absolute atomic E-state index is 13.2. The fraction of sp³-hybridized carbons (Fsp3) is 0.217. The molecule has 0 aliphatic heterocycles. The first kappa shape index (κ1) is 21.2. The molecule has 3 aromatic rings. The highest BCUT2D eigenvalue weighted by Gasteiger charge is 2.33. The number of halogens is 1. The van der Waals surface area contributed by atoms with Crippen LogP contribution in [0.15, 0.2) is 89.8 Å². The van der Waals surface area contributed by atoms with Crippen LogP contribution in [0.3, 0.4) is 0 Å². The number of rotatable bonds is 8. The minimum absolute atomic E-state index is 0.0340. The summed E-state index contributed by atoms with van der Waals surface area (Å²) < 4.78 is 42.1. The Morgan fingerprint density at radius 1 is 0.897 bits per heavy atom. The third-order valence-electron chi connectivity index (χ3n) is 4.78. The molecule has 0 fully saturated rings. The van der Waals surface area contributed by atoms with Gasteiger partial charge in [0.1, 0.15) is 5.82 Å². The van der Waals surface area contributed by atoms with Crippen LogP contribution in [0.1, 0.15) is 18.1 Å². The summed E-state index contributed by atoms with van der Waals surface area (Å²) in [5.74, 6) is -0.475. The molecule has 0 saturated carbocycles. The van der Waals surface area contributed by atoms with E-state index in [9.17, 15) is 12.8 Å². The van der Waals surface area contributed by atoms with Crippen LogP contribution in [-0.4, -0.2) is 26.9 Å². The van der Waals surface area contributed by atoms with Crippen molar-refractivity contribution in [1.82, 2.24) is 9.62 Å². The first-order valence-electron chi connectivity index (χ1n) is 9.36. The smallest absolute Gasteiger partial charge is 0.241 e. The molecule has 1 atom stereocenters. The molecule has 0 amide bonds. The molecule has 6 heteroatoms. The van der Waals surface area contributed by atoms with Crippen molar-refractivity contribution < 1.29 is 12.8 Å². The molecule has 152 valence electrons. The third-order valence-corrected chi connectivity index (χ3v) is 6.39. The van der Waals surface area contributed by atoms with Crippen molar-refractivity contribution in [3.8, 4) is 0 Å². The number of hydrogen-bond donors (Lipinski definition) is 1. The van der Waals surface area contributed by atoms with Gasteiger partial charge in [0.2, 0.25) is 10.0 Å². The lowest BCUT2D eigenvalue weighted by atomic mass is 9.92. The first-order chi connectivity index (χ1) is 13.8. The summed E-state index contributed by atoms with van der Waals surface area (Å²) in [6, 6.07) is 24.3. The lowest BCUT2D eigenvalue weighted by Crippen LogP contribution is -2.50. The molecule has 0 heterocycles. The van der Waals surface area contributed by atoms with E-state index in [1.54, 1.807) is 0 Å². The van der Waals surface area contributed by atoms with Gasteiger partial charge in [-0.05, 0) is 49.4 Å². The van der Waals surface area contributed by atoms with E-state index in [1.807, 2.05) is 74.6 Å². The highest BCUT2D eigenvalue weighted by atomic mass is 32.2. The normalized spacial score (nSPS) is 13.9. The highest BCUT2D eigenvalue weighted by molar-refractivity contribution is 7.89. The molecule has 0 aliphatic rings. The van der Waals surface area contributed by atoms with Gasteiger partial charge in [-0.15, -0.1) is 0 Å². The van der Waals surface area contributed by atoms with Crippen molar-refractivity contribution in [2.24, 2.45) is 0 Å². The standard InChI is InChI=1S/C23H25FN2O2S/c1-23(20-11-7-4-8-12-20,18-26(2)17-19-9-5-3-6-10-19)25-29(27,28)22-15-13-21(24)14-16-22/h3-16,25H,17-18H2,1-2H3/t23-/m0/s1. The molecule has 0 saturated heterocycles. The van der Waals surface area contributed by atoms with Gasteiger partial charge < -0.3 is 0 Å². The highest BCUT2D eigenvalue weighted by Crippen LogP contribution is 2.25. The van der Waals surface area contributed by atoms with Gasteiger partial charge in [0, 0.05) is 13.1 Å². The van der Waals surface area contributed by atoms with Crippen LogP contribution in [0, 0.1) is 5.82 Å². The fourth-order valence-corrected chi connectivity index (χ4v) is 4.84. The Bertz CT molecular complexity index is 1030. The Morgan fingerprint density at radius 2 is 1.45 bits per heavy atom. The van der Waals surface area contributed by atoms with Crippen molar-refractivity contribution in [2.75, 3.05) is 13.6 Å². The van der Waals surface area contributed by atoms with Gasteiger partial charge in [0.25, 0.3) is 0 Å². The maximum Gasteiger partial charge on any atom is 0.241 e. The number of hydrogen-bond acceptors (Lipinski definition) is 3. The number of benzene rings is 3. The molecule has 0 aromatic heterocycles. The lowest BCUT2D eigenvalue weighted by molar-refractivity contribution is 0.238. The van der Waals surface area contributed by atoms with Crippen molar-refractivity contribution >= 4 is 10.0 Å². The fourth-order valence-electron chi connectivity index (χ4n) is 3.45. The molecule has 0 spiro atoms. The van der Waals surface area contributed by atoms with Gasteiger partial charge >= 0.3 is 0 Å². The third kappa shape index (κ3) is 5.50. The molecule has 0 bridgehead atoms. The molecular weight excluding hydrogens is 387 g/mol. The Labute approximate surface area is 172 Å². The lowest BCUT2D eigenvalue weighted by Gasteiger charge is -2.35. The van der Waals surface area contributed by atoms with Gasteiger partial charge in [0.15, 0.2) is 0 Å². The van der Waals surface area contributed by atoms with E-state index in [0.717, 1.165) is 23.3 Å².